The second-order valence-corrected chi connectivity index (χ2v) is 7.30. The van der Waals surface area contributed by atoms with E-state index in [0.29, 0.717) is 24.0 Å². The van der Waals surface area contributed by atoms with Crippen molar-refractivity contribution in [3.8, 4) is 5.75 Å². The number of nitrogens with one attached hydrogen (secondary N) is 1. The van der Waals surface area contributed by atoms with E-state index in [1.165, 1.54) is 0 Å². The molecule has 6 heteroatoms. The molecule has 1 saturated carbocycles. The van der Waals surface area contributed by atoms with Gasteiger partial charge in [0, 0.05) is 11.1 Å². The molecule has 0 radical (unpaired) electrons. The third-order valence-corrected chi connectivity index (χ3v) is 4.80. The van der Waals surface area contributed by atoms with Crippen LogP contribution in [0.15, 0.2) is 24.3 Å². The van der Waals surface area contributed by atoms with E-state index < -0.39 is 5.60 Å². The average molecular weight is 354 g/mol. The minimum Gasteiger partial charge on any atom is -0.478 e. The molecular weight excluding hydrogens is 330 g/mol. The predicted molar refractivity (Wildman–Crippen MR) is 91.4 cm³/mol. The van der Waals surface area contributed by atoms with Crippen LogP contribution in [0.2, 0.25) is 5.02 Å². The van der Waals surface area contributed by atoms with Gasteiger partial charge in [-0.05, 0) is 57.4 Å². The standard InChI is InChI=1S/C18H24ClNO4/c1-18(2,24-14-6-3-12(19)4-7-14)17(21)20-13-5-8-15-16(11-13)23-10-9-22-15/h3-4,6-7,13,15-16H,5,8-11H2,1-2H3,(H,20,21). The Labute approximate surface area is 147 Å². The molecule has 1 aromatic carbocycles. The summed E-state index contributed by atoms with van der Waals surface area (Å²) in [5.41, 5.74) is -0.964. The highest BCUT2D eigenvalue weighted by molar-refractivity contribution is 6.30. The minimum atomic E-state index is -0.964. The Morgan fingerprint density at radius 1 is 1.17 bits per heavy atom. The number of hydrogen-bond acceptors (Lipinski definition) is 4. The van der Waals surface area contributed by atoms with Crippen LogP contribution in [0.5, 0.6) is 5.75 Å². The van der Waals surface area contributed by atoms with Crippen molar-refractivity contribution < 1.29 is 19.0 Å². The van der Waals surface area contributed by atoms with E-state index in [4.69, 9.17) is 25.8 Å². The van der Waals surface area contributed by atoms with Crippen molar-refractivity contribution in [3.63, 3.8) is 0 Å². The van der Waals surface area contributed by atoms with Crippen molar-refractivity contribution in [2.24, 2.45) is 0 Å². The SMILES string of the molecule is CC(C)(Oc1ccc(Cl)cc1)C(=O)NC1CCC2OCCOC2C1. The van der Waals surface area contributed by atoms with Gasteiger partial charge in [0.2, 0.25) is 0 Å². The summed E-state index contributed by atoms with van der Waals surface area (Å²) in [5, 5.41) is 3.73. The van der Waals surface area contributed by atoms with Crippen LogP contribution in [0, 0.1) is 0 Å². The molecule has 1 saturated heterocycles. The molecule has 3 atom stereocenters. The van der Waals surface area contributed by atoms with E-state index in [9.17, 15) is 4.79 Å². The number of carbonyl (C=O) groups excluding carboxylic acids is 1. The lowest BCUT2D eigenvalue weighted by atomic mass is 9.89. The fourth-order valence-electron chi connectivity index (χ4n) is 3.20. The summed E-state index contributed by atoms with van der Waals surface area (Å²) in [6, 6.07) is 7.10. The molecule has 1 heterocycles. The Morgan fingerprint density at radius 3 is 2.54 bits per heavy atom. The number of halogens is 1. The molecule has 0 bridgehead atoms. The van der Waals surface area contributed by atoms with Crippen molar-refractivity contribution in [2.75, 3.05) is 13.2 Å². The molecule has 1 aliphatic heterocycles. The Kier molecular flexibility index (Phi) is 5.33. The van der Waals surface area contributed by atoms with Crippen molar-refractivity contribution in [2.45, 2.75) is 57.0 Å². The van der Waals surface area contributed by atoms with E-state index in [1.54, 1.807) is 38.1 Å². The van der Waals surface area contributed by atoms with E-state index in [1.807, 2.05) is 0 Å². The molecule has 5 nitrogen and oxygen atoms in total. The molecule has 0 spiro atoms. The number of amides is 1. The van der Waals surface area contributed by atoms with E-state index in [2.05, 4.69) is 5.32 Å². The molecule has 132 valence electrons. The van der Waals surface area contributed by atoms with Crippen LogP contribution in [0.1, 0.15) is 33.1 Å². The maximum Gasteiger partial charge on any atom is 0.263 e. The Morgan fingerprint density at radius 2 is 1.83 bits per heavy atom. The second kappa shape index (κ2) is 7.30. The van der Waals surface area contributed by atoms with E-state index in [0.717, 1.165) is 19.3 Å². The smallest absolute Gasteiger partial charge is 0.263 e. The highest BCUT2D eigenvalue weighted by Crippen LogP contribution is 2.27. The van der Waals surface area contributed by atoms with Crippen LogP contribution in [0.4, 0.5) is 0 Å². The van der Waals surface area contributed by atoms with Gasteiger partial charge in [-0.1, -0.05) is 11.6 Å². The molecule has 1 aliphatic carbocycles. The molecule has 1 amide bonds. The third kappa shape index (κ3) is 4.21. The summed E-state index contributed by atoms with van der Waals surface area (Å²) in [6.45, 7) is 4.83. The summed E-state index contributed by atoms with van der Waals surface area (Å²) in [6.07, 6.45) is 2.85. The third-order valence-electron chi connectivity index (χ3n) is 4.55. The molecule has 3 rings (SSSR count). The lowest BCUT2D eigenvalue weighted by molar-refractivity contribution is -0.160. The first-order valence-electron chi connectivity index (χ1n) is 8.43. The predicted octanol–water partition coefficient (Wildman–Crippen LogP) is 2.95. The van der Waals surface area contributed by atoms with Crippen LogP contribution < -0.4 is 10.1 Å². The molecule has 1 N–H and O–H groups in total. The van der Waals surface area contributed by atoms with Gasteiger partial charge in [-0.3, -0.25) is 4.79 Å². The summed E-state index contributed by atoms with van der Waals surface area (Å²) >= 11 is 5.87. The fourth-order valence-corrected chi connectivity index (χ4v) is 3.33. The van der Waals surface area contributed by atoms with E-state index in [-0.39, 0.29) is 24.2 Å². The van der Waals surface area contributed by atoms with Crippen LogP contribution in [0.3, 0.4) is 0 Å². The molecule has 2 aliphatic rings. The quantitative estimate of drug-likeness (QED) is 0.904. The first-order valence-corrected chi connectivity index (χ1v) is 8.80. The van der Waals surface area contributed by atoms with Crippen molar-refractivity contribution >= 4 is 17.5 Å². The number of fused-ring (bicyclic) bond motifs is 1. The van der Waals surface area contributed by atoms with Gasteiger partial charge < -0.3 is 19.5 Å². The maximum atomic E-state index is 12.6. The van der Waals surface area contributed by atoms with Crippen molar-refractivity contribution in [3.05, 3.63) is 29.3 Å². The number of rotatable bonds is 4. The van der Waals surface area contributed by atoms with E-state index >= 15 is 0 Å². The highest BCUT2D eigenvalue weighted by Gasteiger charge is 2.37. The number of hydrogen-bond donors (Lipinski definition) is 1. The van der Waals surface area contributed by atoms with Gasteiger partial charge >= 0.3 is 0 Å². The number of benzene rings is 1. The minimum absolute atomic E-state index is 0.0816. The monoisotopic (exact) mass is 353 g/mol. The zero-order chi connectivity index (χ0) is 17.2. The summed E-state index contributed by atoms with van der Waals surface area (Å²) in [7, 11) is 0. The first-order chi connectivity index (χ1) is 11.4. The van der Waals surface area contributed by atoms with Crippen LogP contribution in [-0.2, 0) is 14.3 Å². The molecular formula is C18H24ClNO4. The largest absolute Gasteiger partial charge is 0.478 e. The zero-order valence-electron chi connectivity index (χ0n) is 14.1. The summed E-state index contributed by atoms with van der Waals surface area (Å²) in [5.74, 6) is 0.491. The Hall–Kier alpha value is -1.30. The lowest BCUT2D eigenvalue weighted by Gasteiger charge is -2.39. The lowest BCUT2D eigenvalue weighted by Crippen LogP contribution is -2.54. The van der Waals surface area contributed by atoms with Crippen LogP contribution in [0.25, 0.3) is 0 Å². The molecule has 0 aromatic heterocycles. The van der Waals surface area contributed by atoms with Crippen LogP contribution >= 0.6 is 11.6 Å². The molecule has 24 heavy (non-hydrogen) atoms. The van der Waals surface area contributed by atoms with Crippen molar-refractivity contribution in [1.82, 2.24) is 5.32 Å². The average Bonchev–Trinajstić information content (AvgIpc) is 2.56. The van der Waals surface area contributed by atoms with Gasteiger partial charge in [0.1, 0.15) is 5.75 Å². The van der Waals surface area contributed by atoms with Gasteiger partial charge in [-0.2, -0.15) is 0 Å². The van der Waals surface area contributed by atoms with Gasteiger partial charge in [0.25, 0.3) is 5.91 Å². The zero-order valence-corrected chi connectivity index (χ0v) is 14.8. The molecule has 1 aromatic rings. The van der Waals surface area contributed by atoms with Gasteiger partial charge in [0.15, 0.2) is 5.60 Å². The van der Waals surface area contributed by atoms with Gasteiger partial charge in [0.05, 0.1) is 25.4 Å². The number of ether oxygens (including phenoxy) is 3. The normalized spacial score (nSPS) is 27.2. The summed E-state index contributed by atoms with van der Waals surface area (Å²) in [4.78, 5) is 12.6. The van der Waals surface area contributed by atoms with Gasteiger partial charge in [-0.25, -0.2) is 0 Å². The first kappa shape index (κ1) is 17.5. The number of carbonyl (C=O) groups is 1. The van der Waals surface area contributed by atoms with Gasteiger partial charge in [-0.15, -0.1) is 0 Å². The summed E-state index contributed by atoms with van der Waals surface area (Å²) < 4.78 is 17.3. The van der Waals surface area contributed by atoms with Crippen molar-refractivity contribution in [1.29, 1.82) is 0 Å². The second-order valence-electron chi connectivity index (χ2n) is 6.87. The molecule has 2 fully saturated rings. The highest BCUT2D eigenvalue weighted by atomic mass is 35.5. The maximum absolute atomic E-state index is 12.6. The Bertz CT molecular complexity index is 575. The Balaban J connectivity index is 1.56. The molecule has 3 unspecified atom stereocenters. The fraction of sp³-hybridized carbons (Fsp3) is 0.611. The van der Waals surface area contributed by atoms with Crippen LogP contribution in [-0.4, -0.2) is 43.0 Å². The topological polar surface area (TPSA) is 56.8 Å².